The number of nitrogens with one attached hydrogen (secondary N) is 2. The molecule has 0 unspecified atom stereocenters. The molecule has 2 N–H and O–H groups in total. The monoisotopic (exact) mass is 380 g/mol. The molecule has 25 heavy (non-hydrogen) atoms. The molecular weight excluding hydrogens is 365 g/mol. The van der Waals surface area contributed by atoms with Crippen LogP contribution in [0.15, 0.2) is 29.2 Å². The van der Waals surface area contributed by atoms with E-state index >= 15 is 0 Å². The van der Waals surface area contributed by atoms with E-state index in [0.717, 1.165) is 18.9 Å². The van der Waals surface area contributed by atoms with Gasteiger partial charge in [0.15, 0.2) is 6.61 Å². The number of ether oxygens (including phenoxy) is 1. The Bertz CT molecular complexity index is 760. The maximum Gasteiger partial charge on any atom is 0.405 e. The molecule has 1 amide bonds. The minimum atomic E-state index is -4.57. The first-order valence-electron chi connectivity index (χ1n) is 7.20. The SMILES string of the molecule is O=C(COC(=O)c1cccc(S(=O)(=O)NC2CC2)c1)NCC(F)(F)F. The predicted molar refractivity (Wildman–Crippen MR) is 79.1 cm³/mol. The van der Waals surface area contributed by atoms with Gasteiger partial charge in [0, 0.05) is 6.04 Å². The number of hydrogen-bond acceptors (Lipinski definition) is 5. The zero-order chi connectivity index (χ0) is 18.7. The number of alkyl halides is 3. The minimum absolute atomic E-state index is 0.113. The maximum absolute atomic E-state index is 12.1. The van der Waals surface area contributed by atoms with Gasteiger partial charge < -0.3 is 10.1 Å². The maximum atomic E-state index is 12.1. The van der Waals surface area contributed by atoms with Crippen molar-refractivity contribution in [1.29, 1.82) is 0 Å². The lowest BCUT2D eigenvalue weighted by Crippen LogP contribution is -2.36. The molecule has 0 spiro atoms. The molecule has 0 saturated heterocycles. The van der Waals surface area contributed by atoms with E-state index in [1.54, 1.807) is 5.32 Å². The number of esters is 1. The Morgan fingerprint density at radius 2 is 1.92 bits per heavy atom. The van der Waals surface area contributed by atoms with Crippen molar-refractivity contribution in [2.45, 2.75) is 30.0 Å². The standard InChI is InChI=1S/C14H15F3N2O5S/c15-14(16,17)8-18-12(20)7-24-13(21)9-2-1-3-11(6-9)25(22,23)19-10-4-5-10/h1-3,6,10,19H,4-5,7-8H2,(H,18,20). The number of halogens is 3. The quantitative estimate of drug-likeness (QED) is 0.686. The van der Waals surface area contributed by atoms with Crippen LogP contribution >= 0.6 is 0 Å². The van der Waals surface area contributed by atoms with E-state index in [1.807, 2.05) is 0 Å². The summed E-state index contributed by atoms with van der Waals surface area (Å²) in [6.45, 7) is -2.45. The van der Waals surface area contributed by atoms with Crippen molar-refractivity contribution in [2.75, 3.05) is 13.2 Å². The minimum Gasteiger partial charge on any atom is -0.452 e. The molecular formula is C14H15F3N2O5S. The first-order valence-corrected chi connectivity index (χ1v) is 8.68. The second-order valence-electron chi connectivity index (χ2n) is 5.39. The van der Waals surface area contributed by atoms with Crippen molar-refractivity contribution in [2.24, 2.45) is 0 Å². The molecule has 1 aromatic rings. The fourth-order valence-corrected chi connectivity index (χ4v) is 3.09. The summed E-state index contributed by atoms with van der Waals surface area (Å²) in [4.78, 5) is 22.9. The molecule has 2 rings (SSSR count). The van der Waals surface area contributed by atoms with Crippen LogP contribution in [0.3, 0.4) is 0 Å². The lowest BCUT2D eigenvalue weighted by Gasteiger charge is -2.09. The molecule has 1 saturated carbocycles. The molecule has 1 aromatic carbocycles. The lowest BCUT2D eigenvalue weighted by molar-refractivity contribution is -0.140. The smallest absolute Gasteiger partial charge is 0.405 e. The van der Waals surface area contributed by atoms with Crippen molar-refractivity contribution in [3.8, 4) is 0 Å². The number of sulfonamides is 1. The predicted octanol–water partition coefficient (Wildman–Crippen LogP) is 0.963. The molecule has 0 atom stereocenters. The molecule has 0 aromatic heterocycles. The Hall–Kier alpha value is -2.14. The second kappa shape index (κ2) is 7.40. The highest BCUT2D eigenvalue weighted by Gasteiger charge is 2.29. The molecule has 0 aliphatic heterocycles. The van der Waals surface area contributed by atoms with Crippen molar-refractivity contribution in [3.63, 3.8) is 0 Å². The van der Waals surface area contributed by atoms with Gasteiger partial charge in [-0.3, -0.25) is 4.79 Å². The van der Waals surface area contributed by atoms with Crippen LogP contribution in [-0.2, 0) is 19.6 Å². The topological polar surface area (TPSA) is 102 Å². The average Bonchev–Trinajstić information content (AvgIpc) is 3.33. The molecule has 1 aliphatic rings. The Morgan fingerprint density at radius 1 is 1.24 bits per heavy atom. The second-order valence-corrected chi connectivity index (χ2v) is 7.11. The average molecular weight is 380 g/mol. The van der Waals surface area contributed by atoms with E-state index < -0.39 is 41.2 Å². The Kier molecular flexibility index (Phi) is 5.68. The van der Waals surface area contributed by atoms with E-state index in [9.17, 15) is 31.2 Å². The van der Waals surface area contributed by atoms with Gasteiger partial charge in [0.25, 0.3) is 5.91 Å². The Labute approximate surface area is 141 Å². The molecule has 11 heteroatoms. The normalized spacial score (nSPS) is 14.8. The number of carbonyl (C=O) groups is 2. The highest BCUT2D eigenvalue weighted by atomic mass is 32.2. The van der Waals surface area contributed by atoms with Crippen molar-refractivity contribution in [1.82, 2.24) is 10.0 Å². The fraction of sp³-hybridized carbons (Fsp3) is 0.429. The highest BCUT2D eigenvalue weighted by molar-refractivity contribution is 7.89. The van der Waals surface area contributed by atoms with Crippen molar-refractivity contribution in [3.05, 3.63) is 29.8 Å². The lowest BCUT2D eigenvalue weighted by atomic mass is 10.2. The first kappa shape index (κ1) is 19.2. The van der Waals surface area contributed by atoms with Crippen LogP contribution < -0.4 is 10.0 Å². The van der Waals surface area contributed by atoms with Gasteiger partial charge in [-0.2, -0.15) is 13.2 Å². The van der Waals surface area contributed by atoms with Gasteiger partial charge in [0.05, 0.1) is 10.5 Å². The number of rotatable bonds is 7. The van der Waals surface area contributed by atoms with Crippen LogP contribution in [0.2, 0.25) is 0 Å². The van der Waals surface area contributed by atoms with Gasteiger partial charge >= 0.3 is 12.1 Å². The van der Waals surface area contributed by atoms with E-state index in [4.69, 9.17) is 0 Å². The van der Waals surface area contributed by atoms with Gasteiger partial charge in [-0.05, 0) is 31.0 Å². The van der Waals surface area contributed by atoms with Crippen LogP contribution in [0.25, 0.3) is 0 Å². The number of carbonyl (C=O) groups excluding carboxylic acids is 2. The number of amides is 1. The molecule has 1 fully saturated rings. The molecule has 7 nitrogen and oxygen atoms in total. The molecule has 0 radical (unpaired) electrons. The third kappa shape index (κ3) is 6.35. The number of benzene rings is 1. The zero-order valence-corrected chi connectivity index (χ0v) is 13.6. The van der Waals surface area contributed by atoms with E-state index in [-0.39, 0.29) is 16.5 Å². The first-order chi connectivity index (χ1) is 11.6. The summed E-state index contributed by atoms with van der Waals surface area (Å²) in [5, 5.41) is 1.55. The van der Waals surface area contributed by atoms with E-state index in [1.165, 1.54) is 18.2 Å². The summed E-state index contributed by atoms with van der Waals surface area (Å²) in [6.07, 6.45) is -3.08. The summed E-state index contributed by atoms with van der Waals surface area (Å²) in [5.41, 5.74) is -0.137. The molecule has 1 aliphatic carbocycles. The van der Waals surface area contributed by atoms with Gasteiger partial charge in [0.2, 0.25) is 10.0 Å². The third-order valence-electron chi connectivity index (χ3n) is 3.10. The van der Waals surface area contributed by atoms with Crippen molar-refractivity contribution >= 4 is 21.9 Å². The Balaban J connectivity index is 1.93. The molecule has 0 heterocycles. The van der Waals surface area contributed by atoms with E-state index in [0.29, 0.717) is 0 Å². The highest BCUT2D eigenvalue weighted by Crippen LogP contribution is 2.22. The van der Waals surface area contributed by atoms with Crippen LogP contribution in [0.5, 0.6) is 0 Å². The largest absolute Gasteiger partial charge is 0.452 e. The Morgan fingerprint density at radius 3 is 2.52 bits per heavy atom. The van der Waals surface area contributed by atoms with Gasteiger partial charge in [0.1, 0.15) is 6.54 Å². The van der Waals surface area contributed by atoms with Crippen LogP contribution in [0.4, 0.5) is 13.2 Å². The molecule has 138 valence electrons. The van der Waals surface area contributed by atoms with Crippen LogP contribution in [0.1, 0.15) is 23.2 Å². The summed E-state index contributed by atoms with van der Waals surface area (Å²) in [5.74, 6) is -2.14. The fourth-order valence-electron chi connectivity index (χ4n) is 1.74. The number of hydrogen-bond donors (Lipinski definition) is 2. The third-order valence-corrected chi connectivity index (χ3v) is 4.62. The molecule has 0 bridgehead atoms. The van der Waals surface area contributed by atoms with Gasteiger partial charge in [-0.1, -0.05) is 6.07 Å². The summed E-state index contributed by atoms with van der Waals surface area (Å²) in [6, 6.07) is 4.84. The summed E-state index contributed by atoms with van der Waals surface area (Å²) < 4.78 is 67.0. The van der Waals surface area contributed by atoms with Crippen LogP contribution in [0, 0.1) is 0 Å². The summed E-state index contributed by atoms with van der Waals surface area (Å²) in [7, 11) is -3.77. The van der Waals surface area contributed by atoms with E-state index in [2.05, 4.69) is 9.46 Å². The zero-order valence-electron chi connectivity index (χ0n) is 12.8. The van der Waals surface area contributed by atoms with Gasteiger partial charge in [-0.25, -0.2) is 17.9 Å². The van der Waals surface area contributed by atoms with Gasteiger partial charge in [-0.15, -0.1) is 0 Å². The summed E-state index contributed by atoms with van der Waals surface area (Å²) >= 11 is 0. The van der Waals surface area contributed by atoms with Crippen LogP contribution in [-0.4, -0.2) is 45.7 Å². The van der Waals surface area contributed by atoms with Crippen molar-refractivity contribution < 1.29 is 35.9 Å².